The molecule has 1 amide bonds. The van der Waals surface area contributed by atoms with Crippen molar-refractivity contribution in [2.75, 3.05) is 0 Å². The molecule has 1 aliphatic rings. The molecular weight excluding hydrogens is 268 g/mol. The number of carboxylic acid groups (broad SMARTS) is 2. The van der Waals surface area contributed by atoms with Crippen molar-refractivity contribution in [1.29, 1.82) is 0 Å². The lowest BCUT2D eigenvalue weighted by molar-refractivity contribution is -0.159. The maximum Gasteiger partial charge on any atom is 0.414 e. The van der Waals surface area contributed by atoms with Crippen molar-refractivity contribution in [2.24, 2.45) is 5.73 Å². The average Bonchev–Trinajstić information content (AvgIpc) is 2.31. The third-order valence-corrected chi connectivity index (χ3v) is 2.80. The van der Waals surface area contributed by atoms with Crippen LogP contribution in [0.15, 0.2) is 0 Å². The molecule has 1 fully saturated rings. The first-order chi connectivity index (χ1) is 9.04. The minimum atomic E-state index is -1.82. The molecule has 8 heteroatoms. The minimum Gasteiger partial charge on any atom is -0.473 e. The number of hydrogen-bond acceptors (Lipinski definition) is 5. The molecule has 1 aliphatic carbocycles. The topological polar surface area (TPSA) is 150 Å². The Bertz CT molecular complexity index is 343. The summed E-state index contributed by atoms with van der Waals surface area (Å²) in [7, 11) is 0. The predicted molar refractivity (Wildman–Crippen MR) is 69.9 cm³/mol. The van der Waals surface area contributed by atoms with Gasteiger partial charge in [-0.05, 0) is 39.5 Å². The van der Waals surface area contributed by atoms with Gasteiger partial charge in [0.1, 0.15) is 0 Å². The largest absolute Gasteiger partial charge is 0.473 e. The van der Waals surface area contributed by atoms with Gasteiger partial charge < -0.3 is 26.4 Å². The van der Waals surface area contributed by atoms with E-state index in [9.17, 15) is 9.90 Å². The molecule has 0 atom stereocenters. The molecule has 1 saturated carbocycles. The number of carbonyl (C=O) groups is 3. The smallest absolute Gasteiger partial charge is 0.414 e. The first kappa shape index (κ1) is 18.3. The highest BCUT2D eigenvalue weighted by Gasteiger charge is 2.26. The summed E-state index contributed by atoms with van der Waals surface area (Å²) in [5, 5.41) is 27.0. The van der Waals surface area contributed by atoms with Crippen LogP contribution in [0.5, 0.6) is 0 Å². The van der Waals surface area contributed by atoms with Crippen molar-refractivity contribution in [1.82, 2.24) is 5.32 Å². The van der Waals surface area contributed by atoms with Crippen LogP contribution in [0.2, 0.25) is 0 Å². The molecule has 0 bridgehead atoms. The van der Waals surface area contributed by atoms with Crippen molar-refractivity contribution in [3.8, 4) is 0 Å². The molecule has 0 aromatic rings. The molecule has 0 aromatic carbocycles. The number of hydrogen-bond donors (Lipinski definition) is 5. The molecule has 0 unspecified atom stereocenters. The first-order valence-electron chi connectivity index (χ1n) is 6.28. The van der Waals surface area contributed by atoms with Gasteiger partial charge in [0.2, 0.25) is 5.91 Å². The van der Waals surface area contributed by atoms with Crippen molar-refractivity contribution in [2.45, 2.75) is 57.2 Å². The van der Waals surface area contributed by atoms with Gasteiger partial charge in [-0.1, -0.05) is 0 Å². The Morgan fingerprint density at radius 2 is 1.45 bits per heavy atom. The van der Waals surface area contributed by atoms with Gasteiger partial charge in [-0.15, -0.1) is 0 Å². The summed E-state index contributed by atoms with van der Waals surface area (Å²) < 4.78 is 0. The van der Waals surface area contributed by atoms with E-state index in [0.29, 0.717) is 0 Å². The summed E-state index contributed by atoms with van der Waals surface area (Å²) in [6.45, 7) is 3.39. The molecule has 1 rings (SSSR count). The zero-order valence-electron chi connectivity index (χ0n) is 11.6. The van der Waals surface area contributed by atoms with Gasteiger partial charge in [-0.3, -0.25) is 4.79 Å². The third kappa shape index (κ3) is 7.70. The summed E-state index contributed by atoms with van der Waals surface area (Å²) in [5.41, 5.74) is 4.85. The highest BCUT2D eigenvalue weighted by Crippen LogP contribution is 2.18. The summed E-state index contributed by atoms with van der Waals surface area (Å²) in [5.74, 6) is -3.76. The van der Waals surface area contributed by atoms with Crippen LogP contribution >= 0.6 is 0 Å². The number of rotatable bonds is 2. The van der Waals surface area contributed by atoms with Crippen LogP contribution < -0.4 is 11.1 Å². The van der Waals surface area contributed by atoms with Gasteiger partial charge in [0.25, 0.3) is 0 Å². The summed E-state index contributed by atoms with van der Waals surface area (Å²) in [4.78, 5) is 29.7. The lowest BCUT2D eigenvalue weighted by Crippen LogP contribution is -2.52. The second-order valence-corrected chi connectivity index (χ2v) is 5.31. The summed E-state index contributed by atoms with van der Waals surface area (Å²) in [6, 6.07) is 0.189. The van der Waals surface area contributed by atoms with Crippen molar-refractivity contribution in [3.05, 3.63) is 0 Å². The van der Waals surface area contributed by atoms with Crippen LogP contribution in [0.1, 0.15) is 39.5 Å². The molecule has 8 nitrogen and oxygen atoms in total. The number of carbonyl (C=O) groups excluding carboxylic acids is 1. The van der Waals surface area contributed by atoms with Crippen molar-refractivity contribution < 1.29 is 29.7 Å². The number of aliphatic hydroxyl groups excluding tert-OH is 1. The number of aliphatic hydroxyl groups is 1. The molecule has 0 aliphatic heterocycles. The van der Waals surface area contributed by atoms with Gasteiger partial charge in [-0.2, -0.15) is 0 Å². The van der Waals surface area contributed by atoms with Crippen LogP contribution in [0.4, 0.5) is 0 Å². The Labute approximate surface area is 117 Å². The monoisotopic (exact) mass is 290 g/mol. The average molecular weight is 290 g/mol. The molecular formula is C12H22N2O6. The fourth-order valence-electron chi connectivity index (χ4n) is 1.59. The van der Waals surface area contributed by atoms with Gasteiger partial charge in [0.15, 0.2) is 0 Å². The van der Waals surface area contributed by atoms with Gasteiger partial charge in [0.05, 0.1) is 11.6 Å². The Morgan fingerprint density at radius 1 is 1.05 bits per heavy atom. The second-order valence-electron chi connectivity index (χ2n) is 5.31. The van der Waals surface area contributed by atoms with E-state index in [2.05, 4.69) is 5.32 Å². The lowest BCUT2D eigenvalue weighted by Gasteiger charge is -2.29. The molecule has 0 spiro atoms. The van der Waals surface area contributed by atoms with Crippen LogP contribution in [0, 0.1) is 0 Å². The van der Waals surface area contributed by atoms with Gasteiger partial charge in [0, 0.05) is 6.04 Å². The van der Waals surface area contributed by atoms with E-state index >= 15 is 0 Å². The highest BCUT2D eigenvalue weighted by molar-refractivity contribution is 6.27. The molecule has 0 heterocycles. The van der Waals surface area contributed by atoms with Gasteiger partial charge in [-0.25, -0.2) is 9.59 Å². The molecule has 116 valence electrons. The normalized spacial score (nSPS) is 22.2. The molecule has 0 radical (unpaired) electrons. The van der Waals surface area contributed by atoms with Crippen molar-refractivity contribution in [3.63, 3.8) is 0 Å². The standard InChI is InChI=1S/C10H20N2O2.C2H2O4/c1-10(2,11)9(14)12-7-3-5-8(13)6-4-7;3-1(4)2(5)6/h7-8,13H,3-6,11H2,1-2H3,(H,12,14);(H,3,4)(H,5,6)/t7-,8-;. The Morgan fingerprint density at radius 3 is 1.75 bits per heavy atom. The molecule has 0 aromatic heterocycles. The van der Waals surface area contributed by atoms with E-state index in [0.717, 1.165) is 25.7 Å². The lowest BCUT2D eigenvalue weighted by atomic mass is 9.92. The fourth-order valence-corrected chi connectivity index (χ4v) is 1.59. The van der Waals surface area contributed by atoms with E-state index in [4.69, 9.17) is 25.5 Å². The molecule has 6 N–H and O–H groups in total. The quantitative estimate of drug-likeness (QED) is 0.422. The number of carboxylic acids is 2. The Kier molecular flexibility index (Phi) is 7.16. The van der Waals surface area contributed by atoms with E-state index in [1.165, 1.54) is 0 Å². The van der Waals surface area contributed by atoms with E-state index in [1.54, 1.807) is 13.8 Å². The summed E-state index contributed by atoms with van der Waals surface area (Å²) in [6.07, 6.45) is 3.06. The summed E-state index contributed by atoms with van der Waals surface area (Å²) >= 11 is 0. The second kappa shape index (κ2) is 7.81. The SMILES string of the molecule is CC(C)(N)C(=O)N[C@H]1CC[C@H](O)CC1.O=C(O)C(=O)O. The van der Waals surface area contributed by atoms with Crippen LogP contribution in [-0.2, 0) is 14.4 Å². The zero-order chi connectivity index (χ0) is 15.9. The third-order valence-electron chi connectivity index (χ3n) is 2.80. The first-order valence-corrected chi connectivity index (χ1v) is 6.28. The van der Waals surface area contributed by atoms with Crippen LogP contribution in [-0.4, -0.2) is 50.9 Å². The van der Waals surface area contributed by atoms with E-state index in [1.807, 2.05) is 0 Å². The van der Waals surface area contributed by atoms with Crippen molar-refractivity contribution >= 4 is 17.8 Å². The maximum atomic E-state index is 11.5. The van der Waals surface area contributed by atoms with Crippen LogP contribution in [0.25, 0.3) is 0 Å². The number of aliphatic carboxylic acids is 2. The van der Waals surface area contributed by atoms with Gasteiger partial charge >= 0.3 is 11.9 Å². The van der Waals surface area contributed by atoms with E-state index < -0.39 is 17.5 Å². The predicted octanol–water partition coefficient (Wildman–Crippen LogP) is -0.701. The molecule has 0 saturated heterocycles. The number of nitrogens with one attached hydrogen (secondary N) is 1. The minimum absolute atomic E-state index is 0.112. The number of nitrogens with two attached hydrogens (primary N) is 1. The van der Waals surface area contributed by atoms with Crippen LogP contribution in [0.3, 0.4) is 0 Å². The maximum absolute atomic E-state index is 11.5. The highest BCUT2D eigenvalue weighted by atomic mass is 16.4. The zero-order valence-corrected chi connectivity index (χ0v) is 11.6. The fraction of sp³-hybridized carbons (Fsp3) is 0.750. The Hall–Kier alpha value is -1.67. The number of amides is 1. The Balaban J connectivity index is 0.000000511. The molecule has 20 heavy (non-hydrogen) atoms. The van der Waals surface area contributed by atoms with E-state index in [-0.39, 0.29) is 18.1 Å².